The molecule has 0 N–H and O–H groups in total. The summed E-state index contributed by atoms with van der Waals surface area (Å²) >= 11 is 0. The van der Waals surface area contributed by atoms with Gasteiger partial charge in [-0.1, -0.05) is 12.1 Å². The van der Waals surface area contributed by atoms with Crippen molar-refractivity contribution in [1.29, 1.82) is 0 Å². The standard InChI is InChI=1S/C20H23NO5/c1-3-21(12-17-13-25-18-6-4-5-7-19(18)26-17)20(22)14-24-16-10-8-15(23-2)9-11-16/h4-11,17H,3,12-14H2,1-2H3/t17-/m0/s1. The van der Waals surface area contributed by atoms with Crippen molar-refractivity contribution in [3.8, 4) is 23.0 Å². The third-order valence-corrected chi connectivity index (χ3v) is 4.15. The molecule has 26 heavy (non-hydrogen) atoms. The van der Waals surface area contributed by atoms with Gasteiger partial charge in [0.05, 0.1) is 13.7 Å². The van der Waals surface area contributed by atoms with Crippen molar-refractivity contribution in [2.24, 2.45) is 0 Å². The number of carbonyl (C=O) groups is 1. The summed E-state index contributed by atoms with van der Waals surface area (Å²) in [4.78, 5) is 14.2. The summed E-state index contributed by atoms with van der Waals surface area (Å²) in [6, 6.07) is 14.7. The molecule has 0 saturated carbocycles. The van der Waals surface area contributed by atoms with E-state index in [1.807, 2.05) is 31.2 Å². The lowest BCUT2D eigenvalue weighted by molar-refractivity contribution is -0.134. The van der Waals surface area contributed by atoms with Crippen molar-refractivity contribution in [1.82, 2.24) is 4.90 Å². The number of hydrogen-bond donors (Lipinski definition) is 0. The highest BCUT2D eigenvalue weighted by atomic mass is 16.6. The van der Waals surface area contributed by atoms with Gasteiger partial charge in [-0.3, -0.25) is 4.79 Å². The second-order valence-electron chi connectivity index (χ2n) is 5.89. The van der Waals surface area contributed by atoms with Crippen LogP contribution in [-0.2, 0) is 4.79 Å². The minimum absolute atomic E-state index is 0.0235. The first-order valence-electron chi connectivity index (χ1n) is 8.62. The Morgan fingerprint density at radius 1 is 1.12 bits per heavy atom. The molecule has 0 fully saturated rings. The second kappa shape index (κ2) is 8.47. The number of nitrogens with zero attached hydrogens (tertiary/aromatic N) is 1. The molecule has 0 bridgehead atoms. The number of para-hydroxylation sites is 2. The van der Waals surface area contributed by atoms with E-state index in [4.69, 9.17) is 18.9 Å². The molecule has 1 heterocycles. The van der Waals surface area contributed by atoms with Gasteiger partial charge in [0.25, 0.3) is 5.91 Å². The maximum absolute atomic E-state index is 12.5. The number of rotatable bonds is 7. The van der Waals surface area contributed by atoms with Crippen molar-refractivity contribution in [3.05, 3.63) is 48.5 Å². The third kappa shape index (κ3) is 4.39. The van der Waals surface area contributed by atoms with Crippen molar-refractivity contribution >= 4 is 5.91 Å². The molecule has 0 spiro atoms. The molecule has 1 aliphatic heterocycles. The van der Waals surface area contributed by atoms with Crippen LogP contribution in [0.5, 0.6) is 23.0 Å². The molecule has 138 valence electrons. The third-order valence-electron chi connectivity index (χ3n) is 4.15. The highest BCUT2D eigenvalue weighted by molar-refractivity contribution is 5.77. The smallest absolute Gasteiger partial charge is 0.260 e. The number of carbonyl (C=O) groups excluding carboxylic acids is 1. The topological polar surface area (TPSA) is 57.2 Å². The van der Waals surface area contributed by atoms with Gasteiger partial charge in [0.1, 0.15) is 18.1 Å². The van der Waals surface area contributed by atoms with Crippen molar-refractivity contribution < 1.29 is 23.7 Å². The van der Waals surface area contributed by atoms with Gasteiger partial charge in [-0.2, -0.15) is 0 Å². The molecule has 1 aliphatic rings. The van der Waals surface area contributed by atoms with Crippen LogP contribution in [0.2, 0.25) is 0 Å². The number of likely N-dealkylation sites (N-methyl/N-ethyl adjacent to an activating group) is 1. The van der Waals surface area contributed by atoms with Crippen LogP contribution in [0.4, 0.5) is 0 Å². The zero-order valence-electron chi connectivity index (χ0n) is 15.0. The summed E-state index contributed by atoms with van der Waals surface area (Å²) in [5, 5.41) is 0. The Balaban J connectivity index is 1.52. The van der Waals surface area contributed by atoms with Crippen molar-refractivity contribution in [2.75, 3.05) is 33.4 Å². The first-order valence-corrected chi connectivity index (χ1v) is 8.62. The minimum atomic E-state index is -0.199. The van der Waals surface area contributed by atoms with E-state index < -0.39 is 0 Å². The number of ether oxygens (including phenoxy) is 4. The summed E-state index contributed by atoms with van der Waals surface area (Å²) in [6.45, 7) is 3.36. The average molecular weight is 357 g/mol. The van der Waals surface area contributed by atoms with E-state index in [1.165, 1.54) is 0 Å². The molecule has 3 rings (SSSR count). The molecule has 0 aromatic heterocycles. The molecular formula is C20H23NO5. The van der Waals surface area contributed by atoms with Crippen LogP contribution in [0.1, 0.15) is 6.92 Å². The SMILES string of the molecule is CCN(C[C@H]1COc2ccccc2O1)C(=O)COc1ccc(OC)cc1. The van der Waals surface area contributed by atoms with Crippen LogP contribution >= 0.6 is 0 Å². The van der Waals surface area contributed by atoms with Crippen molar-refractivity contribution in [2.45, 2.75) is 13.0 Å². The molecule has 2 aromatic carbocycles. The van der Waals surface area contributed by atoms with Gasteiger partial charge in [-0.25, -0.2) is 0 Å². The molecule has 6 nitrogen and oxygen atoms in total. The summed E-state index contributed by atoms with van der Waals surface area (Å²) in [6.07, 6.45) is -0.199. The van der Waals surface area contributed by atoms with Gasteiger partial charge < -0.3 is 23.8 Å². The molecule has 2 aromatic rings. The van der Waals surface area contributed by atoms with Crippen LogP contribution in [0, 0.1) is 0 Å². The fourth-order valence-electron chi connectivity index (χ4n) is 2.71. The summed E-state index contributed by atoms with van der Waals surface area (Å²) in [5.74, 6) is 2.73. The molecule has 0 aliphatic carbocycles. The Kier molecular flexibility index (Phi) is 5.84. The normalized spacial score (nSPS) is 15.2. The number of methoxy groups -OCH3 is 1. The molecule has 6 heteroatoms. The first kappa shape index (κ1) is 17.9. The molecule has 0 saturated heterocycles. The predicted octanol–water partition coefficient (Wildman–Crippen LogP) is 2.76. The first-order chi connectivity index (χ1) is 12.7. The van der Waals surface area contributed by atoms with Gasteiger partial charge in [0, 0.05) is 6.54 Å². The lowest BCUT2D eigenvalue weighted by atomic mass is 10.2. The largest absolute Gasteiger partial charge is 0.497 e. The maximum Gasteiger partial charge on any atom is 0.260 e. The Hall–Kier alpha value is -2.89. The van der Waals surface area contributed by atoms with Crippen LogP contribution < -0.4 is 18.9 Å². The van der Waals surface area contributed by atoms with Gasteiger partial charge in [0.15, 0.2) is 24.2 Å². The van der Waals surface area contributed by atoms with Crippen LogP contribution in [0.25, 0.3) is 0 Å². The van der Waals surface area contributed by atoms with Gasteiger partial charge in [-0.05, 0) is 43.3 Å². The minimum Gasteiger partial charge on any atom is -0.497 e. The maximum atomic E-state index is 12.5. The Morgan fingerprint density at radius 2 is 1.81 bits per heavy atom. The fraction of sp³-hybridized carbons (Fsp3) is 0.350. The average Bonchev–Trinajstić information content (AvgIpc) is 2.70. The van der Waals surface area contributed by atoms with E-state index in [2.05, 4.69) is 0 Å². The second-order valence-corrected chi connectivity index (χ2v) is 5.89. The highest BCUT2D eigenvalue weighted by Gasteiger charge is 2.24. The zero-order valence-corrected chi connectivity index (χ0v) is 15.0. The van der Waals surface area contributed by atoms with E-state index in [-0.39, 0.29) is 18.6 Å². The zero-order chi connectivity index (χ0) is 18.4. The van der Waals surface area contributed by atoms with Crippen LogP contribution in [0.3, 0.4) is 0 Å². The van der Waals surface area contributed by atoms with E-state index in [0.29, 0.717) is 31.2 Å². The van der Waals surface area contributed by atoms with E-state index in [9.17, 15) is 4.79 Å². The Labute approximate surface area is 153 Å². The predicted molar refractivity (Wildman–Crippen MR) is 97.1 cm³/mol. The number of fused-ring (bicyclic) bond motifs is 1. The number of benzene rings is 2. The highest BCUT2D eigenvalue weighted by Crippen LogP contribution is 2.31. The van der Waals surface area contributed by atoms with E-state index >= 15 is 0 Å². The van der Waals surface area contributed by atoms with Crippen LogP contribution in [0.15, 0.2) is 48.5 Å². The van der Waals surface area contributed by atoms with Gasteiger partial charge >= 0.3 is 0 Å². The fourth-order valence-corrected chi connectivity index (χ4v) is 2.71. The molecule has 1 amide bonds. The Morgan fingerprint density at radius 3 is 2.50 bits per heavy atom. The molecule has 1 atom stereocenters. The van der Waals surface area contributed by atoms with E-state index in [1.54, 1.807) is 36.3 Å². The molecular weight excluding hydrogens is 334 g/mol. The number of amides is 1. The quantitative estimate of drug-likeness (QED) is 0.763. The summed E-state index contributed by atoms with van der Waals surface area (Å²) in [7, 11) is 1.61. The van der Waals surface area contributed by atoms with Gasteiger partial charge in [-0.15, -0.1) is 0 Å². The molecule has 0 unspecified atom stereocenters. The monoisotopic (exact) mass is 357 g/mol. The summed E-state index contributed by atoms with van der Waals surface area (Å²) < 4.78 is 22.3. The van der Waals surface area contributed by atoms with Gasteiger partial charge in [0.2, 0.25) is 0 Å². The van der Waals surface area contributed by atoms with Crippen molar-refractivity contribution in [3.63, 3.8) is 0 Å². The van der Waals surface area contributed by atoms with Crippen LogP contribution in [-0.4, -0.2) is 50.3 Å². The summed E-state index contributed by atoms with van der Waals surface area (Å²) in [5.41, 5.74) is 0. The number of hydrogen-bond acceptors (Lipinski definition) is 5. The lowest BCUT2D eigenvalue weighted by Crippen LogP contribution is -2.45. The lowest BCUT2D eigenvalue weighted by Gasteiger charge is -2.30. The Bertz CT molecular complexity index is 731. The molecule has 0 radical (unpaired) electrons. The van der Waals surface area contributed by atoms with E-state index in [0.717, 1.165) is 11.5 Å².